The average molecular weight is 394 g/mol. The molecule has 1 fully saturated rings. The fourth-order valence-electron chi connectivity index (χ4n) is 3.08. The number of aliphatic hydroxyl groups is 2. The third kappa shape index (κ3) is 4.22. The molecule has 0 aromatic heterocycles. The van der Waals surface area contributed by atoms with Crippen molar-refractivity contribution in [3.05, 3.63) is 58.6 Å². The van der Waals surface area contributed by atoms with E-state index in [1.54, 1.807) is 59.1 Å². The Hall–Kier alpha value is -1.57. The molecule has 0 amide bonds. The molecule has 0 radical (unpaired) electrons. The molecule has 5 nitrogen and oxygen atoms in total. The Morgan fingerprint density at radius 1 is 1.12 bits per heavy atom. The van der Waals surface area contributed by atoms with Gasteiger partial charge in [-0.1, -0.05) is 35.9 Å². The fourth-order valence-corrected chi connectivity index (χ4v) is 4.11. The van der Waals surface area contributed by atoms with E-state index in [-0.39, 0.29) is 12.0 Å². The van der Waals surface area contributed by atoms with E-state index in [9.17, 15) is 15.0 Å². The molecule has 0 unspecified atom stereocenters. The first-order chi connectivity index (χ1) is 12.4. The minimum absolute atomic E-state index is 0.181. The molecule has 1 aliphatic rings. The number of thioether (sulfide) groups is 1. The number of carbonyl (C=O) groups is 1. The number of hydrogen-bond donors (Lipinski definition) is 3. The molecule has 138 valence electrons. The zero-order valence-electron chi connectivity index (χ0n) is 14.1. The number of halogens is 1. The minimum atomic E-state index is -2.18. The van der Waals surface area contributed by atoms with Crippen LogP contribution < -0.4 is 0 Å². The van der Waals surface area contributed by atoms with Crippen molar-refractivity contribution in [2.45, 2.75) is 12.3 Å². The van der Waals surface area contributed by atoms with Crippen molar-refractivity contribution < 1.29 is 20.1 Å². The van der Waals surface area contributed by atoms with Crippen LogP contribution in [0.15, 0.2) is 42.5 Å². The Morgan fingerprint density at radius 3 is 2.38 bits per heavy atom. The first-order valence-electron chi connectivity index (χ1n) is 8.26. The highest BCUT2D eigenvalue weighted by molar-refractivity contribution is 7.99. The largest absolute Gasteiger partial charge is 0.481 e. The van der Waals surface area contributed by atoms with Crippen molar-refractivity contribution in [2.24, 2.45) is 0 Å². The number of aliphatic carboxylic acids is 1. The van der Waals surface area contributed by atoms with Crippen molar-refractivity contribution in [3.63, 3.8) is 0 Å². The summed E-state index contributed by atoms with van der Waals surface area (Å²) in [7, 11) is 0. The van der Waals surface area contributed by atoms with E-state index in [0.29, 0.717) is 29.2 Å². The monoisotopic (exact) mass is 393 g/mol. The predicted molar refractivity (Wildman–Crippen MR) is 103 cm³/mol. The van der Waals surface area contributed by atoms with Crippen LogP contribution in [0.4, 0.5) is 0 Å². The second kappa shape index (κ2) is 7.98. The molecule has 7 heteroatoms. The summed E-state index contributed by atoms with van der Waals surface area (Å²) in [6.45, 7) is 1.09. The molecule has 0 atom stereocenters. The maximum Gasteiger partial charge on any atom is 0.307 e. The third-order valence-electron chi connectivity index (χ3n) is 4.41. The van der Waals surface area contributed by atoms with E-state index >= 15 is 0 Å². The Bertz CT molecular complexity index is 789. The van der Waals surface area contributed by atoms with Crippen molar-refractivity contribution >= 4 is 29.3 Å². The van der Waals surface area contributed by atoms with Gasteiger partial charge in [-0.2, -0.15) is 11.8 Å². The van der Waals surface area contributed by atoms with E-state index in [2.05, 4.69) is 0 Å². The highest BCUT2D eigenvalue weighted by Gasteiger charge is 2.37. The second-order valence-corrected chi connectivity index (χ2v) is 7.85. The lowest BCUT2D eigenvalue weighted by molar-refractivity contribution is -0.272. The van der Waals surface area contributed by atoms with Crippen LogP contribution in [0.25, 0.3) is 11.1 Å². The number of carboxylic acid groups (broad SMARTS) is 1. The molecule has 3 rings (SSSR count). The zero-order valence-corrected chi connectivity index (χ0v) is 15.6. The van der Waals surface area contributed by atoms with E-state index in [1.807, 2.05) is 0 Å². The van der Waals surface area contributed by atoms with E-state index < -0.39 is 11.9 Å². The highest BCUT2D eigenvalue weighted by Crippen LogP contribution is 2.35. The van der Waals surface area contributed by atoms with Gasteiger partial charge in [0.15, 0.2) is 0 Å². The molecule has 0 aliphatic carbocycles. The van der Waals surface area contributed by atoms with Crippen LogP contribution in [0.1, 0.15) is 11.1 Å². The lowest BCUT2D eigenvalue weighted by Gasteiger charge is -2.38. The van der Waals surface area contributed by atoms with Gasteiger partial charge in [-0.05, 0) is 34.9 Å². The van der Waals surface area contributed by atoms with Gasteiger partial charge in [0.05, 0.1) is 6.42 Å². The first-order valence-corrected chi connectivity index (χ1v) is 9.80. The number of nitrogens with zero attached hydrogens (tertiary/aromatic N) is 1. The quantitative estimate of drug-likeness (QED) is 0.678. The van der Waals surface area contributed by atoms with Crippen LogP contribution >= 0.6 is 23.4 Å². The Kier molecular flexibility index (Phi) is 5.89. The molecular weight excluding hydrogens is 374 g/mol. The summed E-state index contributed by atoms with van der Waals surface area (Å²) in [5, 5.41) is 31.6. The van der Waals surface area contributed by atoms with Crippen LogP contribution in [-0.4, -0.2) is 50.8 Å². The van der Waals surface area contributed by atoms with Crippen molar-refractivity contribution in [1.29, 1.82) is 0 Å². The van der Waals surface area contributed by atoms with Crippen LogP contribution in [0.5, 0.6) is 0 Å². The van der Waals surface area contributed by atoms with Crippen molar-refractivity contribution in [2.75, 3.05) is 24.6 Å². The maximum atomic E-state index is 11.1. The normalized spacial score (nSPS) is 15.8. The average Bonchev–Trinajstić information content (AvgIpc) is 2.63. The van der Waals surface area contributed by atoms with Gasteiger partial charge in [0.1, 0.15) is 0 Å². The third-order valence-corrected chi connectivity index (χ3v) is 5.60. The molecule has 3 N–H and O–H groups in total. The standard InChI is InChI=1S/C19H20ClNO4S/c20-15-4-2-14(3-5-15)16-6-1-13(12-18(22)23)11-17(16)19(24,25)21-7-9-26-10-8-21/h1-6,11,24-25H,7-10,12H2,(H,22,23). The highest BCUT2D eigenvalue weighted by atomic mass is 35.5. The number of rotatable bonds is 5. The Labute approximate surface area is 161 Å². The smallest absolute Gasteiger partial charge is 0.307 e. The summed E-state index contributed by atoms with van der Waals surface area (Å²) < 4.78 is 0. The number of benzene rings is 2. The van der Waals surface area contributed by atoms with E-state index in [0.717, 1.165) is 17.1 Å². The lowest BCUT2D eigenvalue weighted by atomic mass is 9.93. The molecule has 2 aromatic rings. The Morgan fingerprint density at radius 2 is 1.77 bits per heavy atom. The van der Waals surface area contributed by atoms with Crippen LogP contribution in [-0.2, 0) is 17.1 Å². The summed E-state index contributed by atoms with van der Waals surface area (Å²) in [5.74, 6) is -1.52. The summed E-state index contributed by atoms with van der Waals surface area (Å²) in [5.41, 5.74) is 2.22. The first kappa shape index (κ1) is 19.2. The molecule has 26 heavy (non-hydrogen) atoms. The molecule has 2 aromatic carbocycles. The number of carboxylic acids is 1. The van der Waals surface area contributed by atoms with Gasteiger partial charge in [-0.3, -0.25) is 4.79 Å². The van der Waals surface area contributed by atoms with Crippen molar-refractivity contribution in [3.8, 4) is 11.1 Å². The van der Waals surface area contributed by atoms with Gasteiger partial charge >= 0.3 is 5.97 Å². The summed E-state index contributed by atoms with van der Waals surface area (Å²) in [6.07, 6.45) is -0.181. The van der Waals surface area contributed by atoms with Crippen molar-refractivity contribution in [1.82, 2.24) is 4.90 Å². The summed E-state index contributed by atoms with van der Waals surface area (Å²) >= 11 is 7.73. The molecule has 0 spiro atoms. The molecular formula is C19H20ClNO4S. The van der Waals surface area contributed by atoms with Gasteiger partial charge in [0.25, 0.3) is 5.91 Å². The topological polar surface area (TPSA) is 81.0 Å². The molecule has 1 heterocycles. The van der Waals surface area contributed by atoms with Gasteiger partial charge < -0.3 is 15.3 Å². The lowest BCUT2D eigenvalue weighted by Crippen LogP contribution is -2.50. The van der Waals surface area contributed by atoms with Gasteiger partial charge in [0.2, 0.25) is 0 Å². The fraction of sp³-hybridized carbons (Fsp3) is 0.316. The molecule has 0 saturated carbocycles. The minimum Gasteiger partial charge on any atom is -0.481 e. The van der Waals surface area contributed by atoms with Gasteiger partial charge in [-0.25, -0.2) is 4.90 Å². The Balaban J connectivity index is 2.08. The molecule has 1 aliphatic heterocycles. The SMILES string of the molecule is O=C(O)Cc1ccc(-c2ccc(Cl)cc2)c(C(O)(O)N2CCSCC2)c1. The second-order valence-electron chi connectivity index (χ2n) is 6.19. The van der Waals surface area contributed by atoms with Crippen LogP contribution in [0, 0.1) is 0 Å². The van der Waals surface area contributed by atoms with Crippen LogP contribution in [0.3, 0.4) is 0 Å². The van der Waals surface area contributed by atoms with Gasteiger partial charge in [0, 0.05) is 35.2 Å². The number of hydrogen-bond acceptors (Lipinski definition) is 5. The zero-order chi connectivity index (χ0) is 18.7. The van der Waals surface area contributed by atoms with E-state index in [1.165, 1.54) is 0 Å². The summed E-state index contributed by atoms with van der Waals surface area (Å²) in [6, 6.07) is 12.1. The molecule has 1 saturated heterocycles. The molecule has 0 bridgehead atoms. The van der Waals surface area contributed by atoms with Gasteiger partial charge in [-0.15, -0.1) is 0 Å². The predicted octanol–water partition coefficient (Wildman–Crippen LogP) is 2.78. The summed E-state index contributed by atoms with van der Waals surface area (Å²) in [4.78, 5) is 12.7. The van der Waals surface area contributed by atoms with Crippen LogP contribution in [0.2, 0.25) is 5.02 Å². The maximum absolute atomic E-state index is 11.1. The van der Waals surface area contributed by atoms with E-state index in [4.69, 9.17) is 16.7 Å².